The summed E-state index contributed by atoms with van der Waals surface area (Å²) in [5.41, 5.74) is 1.32. The van der Waals surface area contributed by atoms with Crippen molar-refractivity contribution in [2.45, 2.75) is 23.6 Å². The molecule has 17 heavy (non-hydrogen) atoms. The van der Waals surface area contributed by atoms with E-state index in [1.54, 1.807) is 0 Å². The van der Waals surface area contributed by atoms with Gasteiger partial charge in [0.2, 0.25) is 0 Å². The van der Waals surface area contributed by atoms with Crippen molar-refractivity contribution in [3.05, 3.63) is 45.9 Å². The van der Waals surface area contributed by atoms with Crippen molar-refractivity contribution < 1.29 is 0 Å². The van der Waals surface area contributed by atoms with E-state index in [1.807, 2.05) is 23.1 Å². The van der Waals surface area contributed by atoms with E-state index in [-0.39, 0.29) is 0 Å². The lowest BCUT2D eigenvalue weighted by Gasteiger charge is -2.09. The summed E-state index contributed by atoms with van der Waals surface area (Å²) in [4.78, 5) is 7.47. The van der Waals surface area contributed by atoms with E-state index in [0.717, 1.165) is 25.3 Å². The molecule has 88 valence electrons. The van der Waals surface area contributed by atoms with Gasteiger partial charge in [0.15, 0.2) is 0 Å². The van der Waals surface area contributed by atoms with Crippen LogP contribution in [0.1, 0.15) is 15.6 Å². The van der Waals surface area contributed by atoms with Crippen LogP contribution in [0.3, 0.4) is 0 Å². The van der Waals surface area contributed by atoms with Gasteiger partial charge in [0.05, 0.1) is 11.4 Å². The maximum atomic E-state index is 4.72. The first-order chi connectivity index (χ1) is 8.42. The van der Waals surface area contributed by atoms with Gasteiger partial charge in [-0.3, -0.25) is 0 Å². The molecule has 0 fully saturated rings. The third-order valence-electron chi connectivity index (χ3n) is 2.75. The Kier molecular flexibility index (Phi) is 3.45. The van der Waals surface area contributed by atoms with Gasteiger partial charge < -0.3 is 5.32 Å². The van der Waals surface area contributed by atoms with Gasteiger partial charge in [-0.15, -0.1) is 23.1 Å². The van der Waals surface area contributed by atoms with E-state index in [1.165, 1.54) is 20.5 Å². The second kappa shape index (κ2) is 5.21. The summed E-state index contributed by atoms with van der Waals surface area (Å²) < 4.78 is 0. The Morgan fingerprint density at radius 2 is 2.18 bits per heavy atom. The first-order valence-electron chi connectivity index (χ1n) is 5.78. The molecule has 1 N–H and O–H groups in total. The van der Waals surface area contributed by atoms with Crippen LogP contribution in [-0.2, 0) is 18.7 Å². The molecule has 0 bridgehead atoms. The largest absolute Gasteiger partial charge is 0.311 e. The molecule has 0 spiro atoms. The van der Waals surface area contributed by atoms with Crippen LogP contribution in [0.25, 0.3) is 0 Å². The zero-order valence-corrected chi connectivity index (χ0v) is 11.1. The van der Waals surface area contributed by atoms with E-state index >= 15 is 0 Å². The Balaban J connectivity index is 1.67. The quantitative estimate of drug-likeness (QED) is 0.861. The Labute approximate surface area is 109 Å². The zero-order valence-electron chi connectivity index (χ0n) is 9.48. The lowest BCUT2D eigenvalue weighted by molar-refractivity contribution is 0.643. The molecule has 0 unspecified atom stereocenters. The number of benzene rings is 1. The minimum absolute atomic E-state index is 0.988. The number of nitrogens with one attached hydrogen (secondary N) is 1. The van der Waals surface area contributed by atoms with Crippen LogP contribution in [0, 0.1) is 0 Å². The van der Waals surface area contributed by atoms with Crippen molar-refractivity contribution in [1.29, 1.82) is 0 Å². The van der Waals surface area contributed by atoms with Gasteiger partial charge in [0.25, 0.3) is 0 Å². The van der Waals surface area contributed by atoms with Gasteiger partial charge in [-0.05, 0) is 12.1 Å². The lowest BCUT2D eigenvalue weighted by Crippen LogP contribution is -2.22. The molecule has 0 aliphatic carbocycles. The predicted molar refractivity (Wildman–Crippen MR) is 73.5 cm³/mol. The zero-order chi connectivity index (χ0) is 11.5. The second-order valence-electron chi connectivity index (χ2n) is 4.01. The van der Waals surface area contributed by atoms with Crippen molar-refractivity contribution in [2.24, 2.45) is 0 Å². The van der Waals surface area contributed by atoms with Crippen LogP contribution in [0.15, 0.2) is 35.2 Å². The molecule has 0 saturated carbocycles. The molecule has 2 nitrogen and oxygen atoms in total. The van der Waals surface area contributed by atoms with Crippen LogP contribution in [-0.4, -0.2) is 11.5 Å². The van der Waals surface area contributed by atoms with Gasteiger partial charge in [0, 0.05) is 29.3 Å². The topological polar surface area (TPSA) is 24.9 Å². The van der Waals surface area contributed by atoms with Crippen LogP contribution in [0.4, 0.5) is 0 Å². The van der Waals surface area contributed by atoms with Crippen LogP contribution >= 0.6 is 23.1 Å². The summed E-state index contributed by atoms with van der Waals surface area (Å²) in [6, 6.07) is 10.5. The highest BCUT2D eigenvalue weighted by Crippen LogP contribution is 2.27. The third-order valence-corrected chi connectivity index (χ3v) is 5.06. The summed E-state index contributed by atoms with van der Waals surface area (Å²) in [6.07, 6.45) is 1.09. The van der Waals surface area contributed by atoms with Crippen LogP contribution in [0.5, 0.6) is 0 Å². The average molecular weight is 262 g/mol. The van der Waals surface area contributed by atoms with Gasteiger partial charge in [0.1, 0.15) is 5.01 Å². The summed E-state index contributed by atoms with van der Waals surface area (Å²) in [5, 5.41) is 4.65. The predicted octanol–water partition coefficient (Wildman–Crippen LogP) is 3.08. The molecule has 3 rings (SSSR count). The summed E-state index contributed by atoms with van der Waals surface area (Å²) in [7, 11) is 0. The SMILES string of the molecule is c1ccc(SCc2nc3c(s2)CNCC3)cc1. The molecule has 1 aromatic heterocycles. The number of thiazole rings is 1. The average Bonchev–Trinajstić information content (AvgIpc) is 2.80. The first kappa shape index (κ1) is 11.3. The van der Waals surface area contributed by atoms with Crippen LogP contribution < -0.4 is 5.32 Å². The third kappa shape index (κ3) is 2.70. The minimum Gasteiger partial charge on any atom is -0.311 e. The van der Waals surface area contributed by atoms with Gasteiger partial charge in [-0.1, -0.05) is 18.2 Å². The standard InChI is InChI=1S/C13H14N2S2/c1-2-4-10(5-3-1)16-9-13-15-11-6-7-14-8-12(11)17-13/h1-5,14H,6-9H2. The van der Waals surface area contributed by atoms with E-state index < -0.39 is 0 Å². The molecule has 1 aliphatic heterocycles. The maximum absolute atomic E-state index is 4.72. The molecule has 0 saturated heterocycles. The number of nitrogens with zero attached hydrogens (tertiary/aromatic N) is 1. The number of rotatable bonds is 3. The minimum atomic E-state index is 0.988. The van der Waals surface area contributed by atoms with Gasteiger partial charge in [-0.25, -0.2) is 4.98 Å². The summed E-state index contributed by atoms with van der Waals surface area (Å²) in [6.45, 7) is 2.07. The van der Waals surface area contributed by atoms with Crippen LogP contribution in [0.2, 0.25) is 0 Å². The molecule has 2 aromatic rings. The smallest absolute Gasteiger partial charge is 0.103 e. The molecule has 0 amide bonds. The normalized spacial score (nSPS) is 14.6. The van der Waals surface area contributed by atoms with Crippen molar-refractivity contribution in [1.82, 2.24) is 10.3 Å². The Morgan fingerprint density at radius 1 is 1.29 bits per heavy atom. The fourth-order valence-corrected chi connectivity index (χ4v) is 3.90. The van der Waals surface area contributed by atoms with Crippen molar-refractivity contribution in [3.63, 3.8) is 0 Å². The molecule has 1 aromatic carbocycles. The maximum Gasteiger partial charge on any atom is 0.103 e. The molecule has 1 aliphatic rings. The van der Waals surface area contributed by atoms with Gasteiger partial charge >= 0.3 is 0 Å². The molecular formula is C13H14N2S2. The first-order valence-corrected chi connectivity index (χ1v) is 7.58. The van der Waals surface area contributed by atoms with E-state index in [2.05, 4.69) is 35.6 Å². The highest BCUT2D eigenvalue weighted by atomic mass is 32.2. The van der Waals surface area contributed by atoms with E-state index in [0.29, 0.717) is 0 Å². The fourth-order valence-electron chi connectivity index (χ4n) is 1.90. The molecule has 2 heterocycles. The summed E-state index contributed by atoms with van der Waals surface area (Å²) >= 11 is 3.72. The Hall–Kier alpha value is -0.840. The van der Waals surface area contributed by atoms with E-state index in [4.69, 9.17) is 4.98 Å². The number of hydrogen-bond donors (Lipinski definition) is 1. The highest BCUT2D eigenvalue weighted by Gasteiger charge is 2.14. The van der Waals surface area contributed by atoms with Crippen molar-refractivity contribution in [3.8, 4) is 0 Å². The number of hydrogen-bond acceptors (Lipinski definition) is 4. The van der Waals surface area contributed by atoms with Gasteiger partial charge in [-0.2, -0.15) is 0 Å². The Morgan fingerprint density at radius 3 is 3.00 bits per heavy atom. The molecule has 4 heteroatoms. The second-order valence-corrected chi connectivity index (χ2v) is 6.22. The number of fused-ring (bicyclic) bond motifs is 1. The summed E-state index contributed by atoms with van der Waals surface area (Å²) in [5.74, 6) is 0.988. The van der Waals surface area contributed by atoms with Crippen molar-refractivity contribution >= 4 is 23.1 Å². The highest BCUT2D eigenvalue weighted by molar-refractivity contribution is 7.98. The van der Waals surface area contributed by atoms with E-state index in [9.17, 15) is 0 Å². The molecule has 0 radical (unpaired) electrons. The fraction of sp³-hybridized carbons (Fsp3) is 0.308. The lowest BCUT2D eigenvalue weighted by atomic mass is 10.2. The number of thioether (sulfide) groups is 1. The molecular weight excluding hydrogens is 248 g/mol. The Bertz CT molecular complexity index is 470. The number of aromatic nitrogens is 1. The monoisotopic (exact) mass is 262 g/mol. The van der Waals surface area contributed by atoms with Crippen molar-refractivity contribution in [2.75, 3.05) is 6.54 Å². The molecule has 0 atom stereocenters.